The predicted octanol–water partition coefficient (Wildman–Crippen LogP) is 2.77. The highest BCUT2D eigenvalue weighted by atomic mass is 35.5. The summed E-state index contributed by atoms with van der Waals surface area (Å²) in [7, 11) is 1.77. The molecule has 1 N–H and O–H groups in total. The summed E-state index contributed by atoms with van der Waals surface area (Å²) in [6.45, 7) is 3.82. The number of nitrogens with zero attached hydrogens (tertiary/aromatic N) is 2. The highest BCUT2D eigenvalue weighted by molar-refractivity contribution is 6.30. The topological polar surface area (TPSA) is 38.1 Å². The Hall–Kier alpha value is -1.32. The first-order valence-electron chi connectivity index (χ1n) is 5.45. The lowest BCUT2D eigenvalue weighted by molar-refractivity contribution is 0.219. The number of aliphatic hydroxyl groups is 1. The van der Waals surface area contributed by atoms with Gasteiger partial charge in [-0.15, -0.1) is 0 Å². The Balaban J connectivity index is 2.51. The van der Waals surface area contributed by atoms with Crippen LogP contribution in [-0.4, -0.2) is 14.9 Å². The van der Waals surface area contributed by atoms with Crippen LogP contribution in [0, 0.1) is 13.8 Å². The summed E-state index contributed by atoms with van der Waals surface area (Å²) in [5.41, 5.74) is 3.35. The standard InChI is InChI=1S/C13H15ClN2O/c1-8-6-4-5-7-10(8)12(17)11-9(2)15-16(3)13(11)14/h4-7,12,17H,1-3H3. The summed E-state index contributed by atoms with van der Waals surface area (Å²) in [6, 6.07) is 7.73. The zero-order chi connectivity index (χ0) is 12.6. The average Bonchev–Trinajstić information content (AvgIpc) is 2.53. The van der Waals surface area contributed by atoms with Gasteiger partial charge in [0, 0.05) is 12.6 Å². The SMILES string of the molecule is Cc1ccccc1C(O)c1c(C)nn(C)c1Cl. The molecular formula is C13H15ClN2O. The van der Waals surface area contributed by atoms with Gasteiger partial charge in [0.1, 0.15) is 11.3 Å². The van der Waals surface area contributed by atoms with Gasteiger partial charge in [-0.1, -0.05) is 35.9 Å². The first-order chi connectivity index (χ1) is 8.02. The molecule has 0 saturated heterocycles. The molecule has 3 nitrogen and oxygen atoms in total. The molecule has 17 heavy (non-hydrogen) atoms. The van der Waals surface area contributed by atoms with Gasteiger partial charge in [0.25, 0.3) is 0 Å². The molecule has 1 heterocycles. The number of hydrogen-bond acceptors (Lipinski definition) is 2. The minimum atomic E-state index is -0.725. The predicted molar refractivity (Wildman–Crippen MR) is 68.2 cm³/mol. The van der Waals surface area contributed by atoms with Crippen LogP contribution in [0.5, 0.6) is 0 Å². The van der Waals surface area contributed by atoms with Crippen LogP contribution in [0.4, 0.5) is 0 Å². The van der Waals surface area contributed by atoms with Crippen molar-refractivity contribution < 1.29 is 5.11 Å². The average molecular weight is 251 g/mol. The molecule has 0 spiro atoms. The van der Waals surface area contributed by atoms with Crippen LogP contribution in [-0.2, 0) is 7.05 Å². The molecule has 0 amide bonds. The van der Waals surface area contributed by atoms with Gasteiger partial charge in [-0.25, -0.2) is 0 Å². The molecule has 0 aliphatic rings. The molecule has 2 aromatic rings. The van der Waals surface area contributed by atoms with Crippen LogP contribution in [0.1, 0.15) is 28.5 Å². The number of aliphatic hydroxyl groups excluding tert-OH is 1. The van der Waals surface area contributed by atoms with Crippen molar-refractivity contribution in [1.82, 2.24) is 9.78 Å². The first kappa shape index (κ1) is 12.1. The Morgan fingerprint density at radius 3 is 2.47 bits per heavy atom. The third kappa shape index (κ3) is 2.08. The number of halogens is 1. The summed E-state index contributed by atoms with van der Waals surface area (Å²) in [5.74, 6) is 0. The smallest absolute Gasteiger partial charge is 0.133 e. The molecule has 2 rings (SSSR count). The number of benzene rings is 1. The normalized spacial score (nSPS) is 12.8. The molecule has 0 bridgehead atoms. The second-order valence-electron chi connectivity index (χ2n) is 4.17. The van der Waals surface area contributed by atoms with Crippen LogP contribution in [0.25, 0.3) is 0 Å². The zero-order valence-corrected chi connectivity index (χ0v) is 10.9. The first-order valence-corrected chi connectivity index (χ1v) is 5.82. The van der Waals surface area contributed by atoms with Gasteiger partial charge >= 0.3 is 0 Å². The molecule has 90 valence electrons. The van der Waals surface area contributed by atoms with Crippen molar-refractivity contribution in [3.05, 3.63) is 51.8 Å². The van der Waals surface area contributed by atoms with E-state index in [1.807, 2.05) is 38.1 Å². The lowest BCUT2D eigenvalue weighted by atomic mass is 9.98. The maximum absolute atomic E-state index is 10.4. The van der Waals surface area contributed by atoms with Gasteiger partial charge < -0.3 is 5.11 Å². The maximum atomic E-state index is 10.4. The van der Waals surface area contributed by atoms with Gasteiger partial charge in [-0.2, -0.15) is 5.10 Å². The van der Waals surface area contributed by atoms with Crippen LogP contribution >= 0.6 is 11.6 Å². The van der Waals surface area contributed by atoms with Gasteiger partial charge in [-0.3, -0.25) is 4.68 Å². The Bertz CT molecular complexity index is 548. The lowest BCUT2D eigenvalue weighted by Crippen LogP contribution is -2.03. The fourth-order valence-corrected chi connectivity index (χ4v) is 2.28. The largest absolute Gasteiger partial charge is 0.383 e. The van der Waals surface area contributed by atoms with Crippen molar-refractivity contribution >= 4 is 11.6 Å². The fraction of sp³-hybridized carbons (Fsp3) is 0.308. The Labute approximate surface area is 106 Å². The minimum absolute atomic E-state index is 0.484. The molecule has 4 heteroatoms. The van der Waals surface area contributed by atoms with Gasteiger partial charge in [0.2, 0.25) is 0 Å². The van der Waals surface area contributed by atoms with Crippen molar-refractivity contribution in [3.8, 4) is 0 Å². The van der Waals surface area contributed by atoms with Crippen molar-refractivity contribution in [2.24, 2.45) is 7.05 Å². The second kappa shape index (κ2) is 4.51. The summed E-state index contributed by atoms with van der Waals surface area (Å²) in [6.07, 6.45) is -0.725. The summed E-state index contributed by atoms with van der Waals surface area (Å²) >= 11 is 6.15. The van der Waals surface area contributed by atoms with Crippen LogP contribution < -0.4 is 0 Å². The Morgan fingerprint density at radius 2 is 1.94 bits per heavy atom. The molecule has 0 aliphatic carbocycles. The molecule has 1 atom stereocenters. The van der Waals surface area contributed by atoms with E-state index in [0.29, 0.717) is 10.7 Å². The van der Waals surface area contributed by atoms with E-state index in [9.17, 15) is 5.11 Å². The fourth-order valence-electron chi connectivity index (χ4n) is 2.01. The third-order valence-corrected chi connectivity index (χ3v) is 3.40. The maximum Gasteiger partial charge on any atom is 0.133 e. The number of hydrogen-bond donors (Lipinski definition) is 1. The molecule has 0 saturated carbocycles. The second-order valence-corrected chi connectivity index (χ2v) is 4.53. The van der Waals surface area contributed by atoms with Crippen molar-refractivity contribution in [1.29, 1.82) is 0 Å². The van der Waals surface area contributed by atoms with Gasteiger partial charge in [0.05, 0.1) is 5.69 Å². The van der Waals surface area contributed by atoms with Gasteiger partial charge in [0.15, 0.2) is 0 Å². The lowest BCUT2D eigenvalue weighted by Gasteiger charge is -2.13. The van der Waals surface area contributed by atoms with Crippen LogP contribution in [0.15, 0.2) is 24.3 Å². The summed E-state index contributed by atoms with van der Waals surface area (Å²) < 4.78 is 1.58. The molecule has 1 aromatic carbocycles. The highest BCUT2D eigenvalue weighted by Gasteiger charge is 2.21. The Morgan fingerprint density at radius 1 is 1.29 bits per heavy atom. The Kier molecular flexibility index (Phi) is 3.22. The number of aromatic nitrogens is 2. The third-order valence-electron chi connectivity index (χ3n) is 2.95. The molecule has 0 radical (unpaired) electrons. The zero-order valence-electron chi connectivity index (χ0n) is 10.1. The van der Waals surface area contributed by atoms with Gasteiger partial charge in [-0.05, 0) is 25.0 Å². The van der Waals surface area contributed by atoms with Crippen LogP contribution in [0.2, 0.25) is 5.15 Å². The van der Waals surface area contributed by atoms with Crippen LogP contribution in [0.3, 0.4) is 0 Å². The summed E-state index contributed by atoms with van der Waals surface area (Å²) in [4.78, 5) is 0. The van der Waals surface area contributed by atoms with E-state index in [2.05, 4.69) is 5.10 Å². The van der Waals surface area contributed by atoms with E-state index in [1.165, 1.54) is 0 Å². The van der Waals surface area contributed by atoms with E-state index in [4.69, 9.17) is 11.6 Å². The van der Waals surface area contributed by atoms with Crippen molar-refractivity contribution in [2.75, 3.05) is 0 Å². The quantitative estimate of drug-likeness (QED) is 0.890. The van der Waals surface area contributed by atoms with E-state index in [0.717, 1.165) is 16.8 Å². The monoisotopic (exact) mass is 250 g/mol. The molecule has 1 unspecified atom stereocenters. The molecule has 0 fully saturated rings. The van der Waals surface area contributed by atoms with Crippen molar-refractivity contribution in [3.63, 3.8) is 0 Å². The van der Waals surface area contributed by atoms with E-state index < -0.39 is 6.10 Å². The summed E-state index contributed by atoms with van der Waals surface area (Å²) in [5, 5.41) is 15.1. The van der Waals surface area contributed by atoms with E-state index >= 15 is 0 Å². The molecule has 1 aromatic heterocycles. The molecular weight excluding hydrogens is 236 g/mol. The van der Waals surface area contributed by atoms with E-state index in [-0.39, 0.29) is 0 Å². The highest BCUT2D eigenvalue weighted by Crippen LogP contribution is 2.31. The van der Waals surface area contributed by atoms with E-state index in [1.54, 1.807) is 11.7 Å². The number of aryl methyl sites for hydroxylation is 3. The number of rotatable bonds is 2. The molecule has 0 aliphatic heterocycles. The minimum Gasteiger partial charge on any atom is -0.383 e. The van der Waals surface area contributed by atoms with Crippen molar-refractivity contribution in [2.45, 2.75) is 20.0 Å².